The maximum Gasteiger partial charge on any atom is 0.348 e. The number of hydrogen-bond acceptors (Lipinski definition) is 5. The monoisotopic (exact) mass is 423 g/mol. The van der Waals surface area contributed by atoms with Gasteiger partial charge in [-0.25, -0.2) is 4.79 Å². The molecule has 0 aliphatic heterocycles. The van der Waals surface area contributed by atoms with Crippen molar-refractivity contribution in [3.05, 3.63) is 27.7 Å². The van der Waals surface area contributed by atoms with Crippen molar-refractivity contribution in [2.75, 3.05) is 20.3 Å². The van der Waals surface area contributed by atoms with E-state index in [1.807, 2.05) is 6.07 Å². The van der Waals surface area contributed by atoms with Crippen LogP contribution in [0.2, 0.25) is 0 Å². The van der Waals surface area contributed by atoms with E-state index in [9.17, 15) is 4.79 Å². The van der Waals surface area contributed by atoms with Crippen LogP contribution in [-0.4, -0.2) is 26.3 Å². The van der Waals surface area contributed by atoms with Crippen LogP contribution >= 0.6 is 15.9 Å². The lowest BCUT2D eigenvalue weighted by atomic mass is 10.1. The van der Waals surface area contributed by atoms with Gasteiger partial charge >= 0.3 is 5.97 Å². The SMILES string of the molecule is CCCCCCCOc1c(Br)cc(/C=C(\C#N)C(=O)OCC)cc1OC. The van der Waals surface area contributed by atoms with E-state index >= 15 is 0 Å². The first-order valence-electron chi connectivity index (χ1n) is 8.86. The lowest BCUT2D eigenvalue weighted by molar-refractivity contribution is -0.137. The number of ether oxygens (including phenoxy) is 3. The third-order valence-corrected chi connectivity index (χ3v) is 4.26. The number of hydrogen-bond donors (Lipinski definition) is 0. The van der Waals surface area contributed by atoms with Crippen LogP contribution in [0.15, 0.2) is 22.2 Å². The Kier molecular flexibility index (Phi) is 10.5. The van der Waals surface area contributed by atoms with E-state index < -0.39 is 5.97 Å². The molecule has 26 heavy (non-hydrogen) atoms. The summed E-state index contributed by atoms with van der Waals surface area (Å²) < 4.78 is 16.8. The van der Waals surface area contributed by atoms with Crippen LogP contribution in [0.5, 0.6) is 11.5 Å². The van der Waals surface area contributed by atoms with Crippen molar-refractivity contribution in [1.82, 2.24) is 0 Å². The molecule has 0 N–H and O–H groups in total. The Morgan fingerprint density at radius 2 is 1.96 bits per heavy atom. The number of rotatable bonds is 11. The van der Waals surface area contributed by atoms with Gasteiger partial charge < -0.3 is 14.2 Å². The van der Waals surface area contributed by atoms with Gasteiger partial charge in [-0.05, 0) is 53.0 Å². The number of carbonyl (C=O) groups excluding carboxylic acids is 1. The number of unbranched alkanes of at least 4 members (excludes halogenated alkanes) is 4. The Bertz CT molecular complexity index is 665. The van der Waals surface area contributed by atoms with Gasteiger partial charge in [0.1, 0.15) is 11.6 Å². The second-order valence-electron chi connectivity index (χ2n) is 5.69. The summed E-state index contributed by atoms with van der Waals surface area (Å²) in [6, 6.07) is 5.38. The standard InChI is InChI=1S/C20H26BrNO4/c1-4-6-7-8-9-10-26-19-17(21)12-15(13-18(19)24-3)11-16(14-22)20(23)25-5-2/h11-13H,4-10H2,1-3H3/b16-11+. The third-order valence-electron chi connectivity index (χ3n) is 3.67. The van der Waals surface area contributed by atoms with Crippen LogP contribution in [0.3, 0.4) is 0 Å². The summed E-state index contributed by atoms with van der Waals surface area (Å²) in [6.07, 6.45) is 7.27. The highest BCUT2D eigenvalue weighted by Crippen LogP contribution is 2.37. The topological polar surface area (TPSA) is 68.5 Å². The van der Waals surface area contributed by atoms with E-state index in [0.717, 1.165) is 12.8 Å². The van der Waals surface area contributed by atoms with E-state index in [0.29, 0.717) is 28.1 Å². The van der Waals surface area contributed by atoms with E-state index in [1.54, 1.807) is 26.2 Å². The molecule has 0 heterocycles. The molecule has 0 saturated carbocycles. The lowest BCUT2D eigenvalue weighted by Gasteiger charge is -2.13. The molecule has 1 aromatic carbocycles. The van der Waals surface area contributed by atoms with Crippen LogP contribution in [0, 0.1) is 11.3 Å². The molecule has 0 bridgehead atoms. The molecule has 0 radical (unpaired) electrons. The van der Waals surface area contributed by atoms with Crippen molar-refractivity contribution >= 4 is 28.0 Å². The minimum atomic E-state index is -0.641. The highest BCUT2D eigenvalue weighted by atomic mass is 79.9. The van der Waals surface area contributed by atoms with E-state index in [1.165, 1.54) is 25.3 Å². The van der Waals surface area contributed by atoms with Crippen molar-refractivity contribution in [3.63, 3.8) is 0 Å². The van der Waals surface area contributed by atoms with Crippen LogP contribution in [0.25, 0.3) is 6.08 Å². The van der Waals surface area contributed by atoms with Crippen molar-refractivity contribution in [2.45, 2.75) is 46.0 Å². The Labute approximate surface area is 164 Å². The molecular formula is C20H26BrNO4. The largest absolute Gasteiger partial charge is 0.493 e. The normalized spacial score (nSPS) is 11.0. The van der Waals surface area contributed by atoms with E-state index in [4.69, 9.17) is 19.5 Å². The summed E-state index contributed by atoms with van der Waals surface area (Å²) in [5, 5.41) is 9.15. The summed E-state index contributed by atoms with van der Waals surface area (Å²) in [4.78, 5) is 11.8. The van der Waals surface area contributed by atoms with Crippen molar-refractivity contribution < 1.29 is 19.0 Å². The number of benzene rings is 1. The first-order chi connectivity index (χ1) is 12.6. The summed E-state index contributed by atoms with van der Waals surface area (Å²) in [5.41, 5.74) is 0.582. The van der Waals surface area contributed by atoms with Crippen LogP contribution in [0.1, 0.15) is 51.5 Å². The van der Waals surface area contributed by atoms with Gasteiger partial charge in [0.25, 0.3) is 0 Å². The maximum absolute atomic E-state index is 11.8. The molecule has 0 atom stereocenters. The molecule has 1 aromatic rings. The molecule has 0 aromatic heterocycles. The van der Waals surface area contributed by atoms with E-state index in [2.05, 4.69) is 22.9 Å². The molecule has 0 aliphatic carbocycles. The predicted octanol–water partition coefficient (Wildman–Crippen LogP) is 5.28. The van der Waals surface area contributed by atoms with Crippen LogP contribution in [-0.2, 0) is 9.53 Å². The van der Waals surface area contributed by atoms with E-state index in [-0.39, 0.29) is 12.2 Å². The highest BCUT2D eigenvalue weighted by Gasteiger charge is 2.14. The third kappa shape index (κ3) is 7.09. The fraction of sp³-hybridized carbons (Fsp3) is 0.500. The van der Waals surface area contributed by atoms with Crippen molar-refractivity contribution in [2.24, 2.45) is 0 Å². The minimum Gasteiger partial charge on any atom is -0.493 e. The maximum atomic E-state index is 11.8. The summed E-state index contributed by atoms with van der Waals surface area (Å²) >= 11 is 3.48. The molecule has 0 fully saturated rings. The first kappa shape index (κ1) is 22.0. The predicted molar refractivity (Wildman–Crippen MR) is 105 cm³/mol. The summed E-state index contributed by atoms with van der Waals surface area (Å²) in [5.74, 6) is 0.521. The quantitative estimate of drug-likeness (QED) is 0.209. The molecular weight excluding hydrogens is 398 g/mol. The number of carbonyl (C=O) groups is 1. The zero-order valence-corrected chi connectivity index (χ0v) is 17.2. The number of nitriles is 1. The zero-order chi connectivity index (χ0) is 19.4. The van der Waals surface area contributed by atoms with Crippen LogP contribution in [0.4, 0.5) is 0 Å². The molecule has 0 saturated heterocycles. The van der Waals surface area contributed by atoms with Gasteiger partial charge in [0, 0.05) is 0 Å². The lowest BCUT2D eigenvalue weighted by Crippen LogP contribution is -2.06. The molecule has 0 aliphatic rings. The Morgan fingerprint density at radius 1 is 1.23 bits per heavy atom. The Hall–Kier alpha value is -2.00. The fourth-order valence-corrected chi connectivity index (χ4v) is 2.93. The molecule has 1 rings (SSSR count). The van der Waals surface area contributed by atoms with Gasteiger partial charge in [-0.15, -0.1) is 0 Å². The van der Waals surface area contributed by atoms with Crippen LogP contribution < -0.4 is 9.47 Å². The summed E-state index contributed by atoms with van der Waals surface area (Å²) in [7, 11) is 1.56. The van der Waals surface area contributed by atoms with Gasteiger partial charge in [0.05, 0.1) is 24.8 Å². The smallest absolute Gasteiger partial charge is 0.348 e. The highest BCUT2D eigenvalue weighted by molar-refractivity contribution is 9.10. The minimum absolute atomic E-state index is 0.0644. The van der Waals surface area contributed by atoms with Gasteiger partial charge in [0.15, 0.2) is 11.5 Å². The molecule has 0 amide bonds. The number of methoxy groups -OCH3 is 1. The zero-order valence-electron chi connectivity index (χ0n) is 15.6. The number of esters is 1. The van der Waals surface area contributed by atoms with Crippen molar-refractivity contribution in [1.29, 1.82) is 5.26 Å². The Morgan fingerprint density at radius 3 is 2.58 bits per heavy atom. The van der Waals surface area contributed by atoms with Gasteiger partial charge in [-0.3, -0.25) is 0 Å². The molecule has 0 spiro atoms. The molecule has 142 valence electrons. The van der Waals surface area contributed by atoms with Gasteiger partial charge in [-0.1, -0.05) is 32.6 Å². The summed E-state index contributed by atoms with van der Waals surface area (Å²) in [6.45, 7) is 4.71. The Balaban J connectivity index is 2.88. The average Bonchev–Trinajstić information content (AvgIpc) is 2.63. The van der Waals surface area contributed by atoms with Gasteiger partial charge in [0.2, 0.25) is 0 Å². The first-order valence-corrected chi connectivity index (χ1v) is 9.65. The molecule has 6 heteroatoms. The number of nitrogens with zero attached hydrogens (tertiary/aromatic N) is 1. The second-order valence-corrected chi connectivity index (χ2v) is 6.54. The number of halogens is 1. The fourth-order valence-electron chi connectivity index (χ4n) is 2.36. The molecule has 0 unspecified atom stereocenters. The average molecular weight is 424 g/mol. The van der Waals surface area contributed by atoms with Crippen molar-refractivity contribution in [3.8, 4) is 17.6 Å². The second kappa shape index (κ2) is 12.4. The van der Waals surface area contributed by atoms with Gasteiger partial charge in [-0.2, -0.15) is 5.26 Å². The molecule has 5 nitrogen and oxygen atoms in total.